The van der Waals surface area contributed by atoms with Crippen LogP contribution in [0.5, 0.6) is 5.75 Å². The number of carbonyl (C=O) groups is 1. The molecule has 3 aromatic rings. The average molecular weight is 405 g/mol. The number of aromatic carboxylic acids is 1. The van der Waals surface area contributed by atoms with Crippen molar-refractivity contribution in [3.8, 4) is 5.75 Å². The molecule has 3 aromatic carbocycles. The third kappa shape index (κ3) is 4.09. The highest BCUT2D eigenvalue weighted by Gasteiger charge is 2.28. The number of carboxylic acids is 1. The number of hydrogen-bond acceptors (Lipinski definition) is 4. The SMILES string of the molecule is O=C(O)c1ccc(S(=O)(=O)N(Oc2ccc(F)cc2)c2cccc(F)c2)cc1. The number of hydrogen-bond donors (Lipinski definition) is 1. The zero-order valence-corrected chi connectivity index (χ0v) is 14.9. The van der Waals surface area contributed by atoms with E-state index in [2.05, 4.69) is 0 Å². The highest BCUT2D eigenvalue weighted by molar-refractivity contribution is 7.92. The van der Waals surface area contributed by atoms with Crippen LogP contribution in [0.4, 0.5) is 14.5 Å². The van der Waals surface area contributed by atoms with E-state index < -0.39 is 27.6 Å². The van der Waals surface area contributed by atoms with E-state index in [1.165, 1.54) is 24.3 Å². The number of anilines is 1. The number of sulfonamides is 1. The van der Waals surface area contributed by atoms with Crippen molar-refractivity contribution in [2.45, 2.75) is 4.90 Å². The van der Waals surface area contributed by atoms with Crippen LogP contribution in [-0.2, 0) is 10.0 Å². The van der Waals surface area contributed by atoms with E-state index in [0.29, 0.717) is 4.47 Å². The normalized spacial score (nSPS) is 11.1. The van der Waals surface area contributed by atoms with Crippen molar-refractivity contribution in [2.24, 2.45) is 0 Å². The molecule has 0 aliphatic rings. The van der Waals surface area contributed by atoms with Gasteiger partial charge in [-0.3, -0.25) is 0 Å². The Balaban J connectivity index is 2.06. The zero-order chi connectivity index (χ0) is 20.3. The van der Waals surface area contributed by atoms with Crippen molar-refractivity contribution in [1.29, 1.82) is 0 Å². The Morgan fingerprint density at radius 3 is 2.11 bits per heavy atom. The monoisotopic (exact) mass is 405 g/mol. The van der Waals surface area contributed by atoms with E-state index in [0.717, 1.165) is 48.5 Å². The molecule has 0 radical (unpaired) electrons. The molecule has 0 heterocycles. The lowest BCUT2D eigenvalue weighted by molar-refractivity contribution is 0.0696. The Kier molecular flexibility index (Phi) is 5.27. The van der Waals surface area contributed by atoms with Gasteiger partial charge in [0.15, 0.2) is 5.75 Å². The van der Waals surface area contributed by atoms with Crippen LogP contribution in [0, 0.1) is 11.6 Å². The first kappa shape index (κ1) is 19.3. The number of rotatable bonds is 6. The molecule has 0 saturated heterocycles. The molecular formula is C19H13F2NO5S. The molecular weight excluding hydrogens is 392 g/mol. The molecule has 0 atom stereocenters. The number of nitrogens with zero attached hydrogens (tertiary/aromatic N) is 1. The van der Waals surface area contributed by atoms with Crippen LogP contribution in [0.25, 0.3) is 0 Å². The lowest BCUT2D eigenvalue weighted by Gasteiger charge is -2.24. The number of benzene rings is 3. The zero-order valence-electron chi connectivity index (χ0n) is 14.1. The topological polar surface area (TPSA) is 83.9 Å². The van der Waals surface area contributed by atoms with Gasteiger partial charge in [-0.15, -0.1) is 0 Å². The van der Waals surface area contributed by atoms with Gasteiger partial charge < -0.3 is 9.94 Å². The Bertz CT molecular complexity index is 1100. The molecule has 0 unspecified atom stereocenters. The maximum absolute atomic E-state index is 13.7. The summed E-state index contributed by atoms with van der Waals surface area (Å²) in [6.45, 7) is 0. The summed E-state index contributed by atoms with van der Waals surface area (Å²) in [6.07, 6.45) is 0. The van der Waals surface area contributed by atoms with Gasteiger partial charge in [-0.1, -0.05) is 10.5 Å². The van der Waals surface area contributed by atoms with Crippen LogP contribution in [0.15, 0.2) is 77.7 Å². The minimum Gasteiger partial charge on any atom is -0.478 e. The van der Waals surface area contributed by atoms with Gasteiger partial charge in [-0.2, -0.15) is 8.42 Å². The predicted molar refractivity (Wildman–Crippen MR) is 96.5 cm³/mol. The van der Waals surface area contributed by atoms with Crippen LogP contribution < -0.4 is 9.31 Å². The smallest absolute Gasteiger partial charge is 0.335 e. The summed E-state index contributed by atoms with van der Waals surface area (Å²) in [5, 5.41) is 8.96. The first-order valence-corrected chi connectivity index (χ1v) is 9.29. The number of halogens is 2. The molecule has 6 nitrogen and oxygen atoms in total. The van der Waals surface area contributed by atoms with Crippen molar-refractivity contribution in [3.05, 3.63) is 90.0 Å². The summed E-state index contributed by atoms with van der Waals surface area (Å²) in [5.74, 6) is -2.46. The summed E-state index contributed by atoms with van der Waals surface area (Å²) in [4.78, 5) is 16.1. The maximum atomic E-state index is 13.7. The third-order valence-electron chi connectivity index (χ3n) is 3.64. The van der Waals surface area contributed by atoms with Gasteiger partial charge in [0.25, 0.3) is 10.0 Å². The van der Waals surface area contributed by atoms with Gasteiger partial charge in [0.2, 0.25) is 0 Å². The molecule has 3 rings (SSSR count). The fraction of sp³-hybridized carbons (Fsp3) is 0. The molecule has 28 heavy (non-hydrogen) atoms. The molecule has 0 aliphatic carbocycles. The third-order valence-corrected chi connectivity index (χ3v) is 5.23. The molecule has 0 amide bonds. The molecule has 0 spiro atoms. The maximum Gasteiger partial charge on any atom is 0.335 e. The van der Waals surface area contributed by atoms with Crippen molar-refractivity contribution < 1.29 is 31.9 Å². The summed E-state index contributed by atoms with van der Waals surface area (Å²) in [6, 6.07) is 13.7. The Morgan fingerprint density at radius 1 is 0.893 bits per heavy atom. The van der Waals surface area contributed by atoms with Crippen molar-refractivity contribution >= 4 is 21.7 Å². The lowest BCUT2D eigenvalue weighted by atomic mass is 10.2. The highest BCUT2D eigenvalue weighted by Crippen LogP contribution is 2.27. The molecule has 1 N–H and O–H groups in total. The van der Waals surface area contributed by atoms with E-state index >= 15 is 0 Å². The Morgan fingerprint density at radius 2 is 1.54 bits per heavy atom. The molecule has 0 fully saturated rings. The predicted octanol–water partition coefficient (Wildman–Crippen LogP) is 3.85. The van der Waals surface area contributed by atoms with E-state index in [9.17, 15) is 22.0 Å². The first-order chi connectivity index (χ1) is 13.3. The molecule has 0 aromatic heterocycles. The summed E-state index contributed by atoms with van der Waals surface area (Å²) in [7, 11) is -4.36. The largest absolute Gasteiger partial charge is 0.478 e. The standard InChI is InChI=1S/C19H13F2NO5S/c20-14-6-8-17(9-7-14)27-22(16-3-1-2-15(21)12-16)28(25,26)18-10-4-13(5-11-18)19(23)24/h1-12H,(H,23,24). The van der Waals surface area contributed by atoms with E-state index in [1.807, 2.05) is 0 Å². The van der Waals surface area contributed by atoms with Crippen molar-refractivity contribution in [1.82, 2.24) is 0 Å². The molecule has 0 aliphatic heterocycles. The van der Waals surface area contributed by atoms with Gasteiger partial charge >= 0.3 is 5.97 Å². The van der Waals surface area contributed by atoms with Crippen LogP contribution >= 0.6 is 0 Å². The van der Waals surface area contributed by atoms with E-state index in [1.54, 1.807) is 0 Å². The summed E-state index contributed by atoms with van der Waals surface area (Å²) in [5.41, 5.74) is -0.234. The van der Waals surface area contributed by atoms with Crippen LogP contribution in [0.3, 0.4) is 0 Å². The summed E-state index contributed by atoms with van der Waals surface area (Å²) >= 11 is 0. The molecule has 144 valence electrons. The van der Waals surface area contributed by atoms with Crippen LogP contribution in [-0.4, -0.2) is 19.5 Å². The van der Waals surface area contributed by atoms with Gasteiger partial charge in [-0.25, -0.2) is 13.6 Å². The minimum absolute atomic E-state index is 0.00334. The van der Waals surface area contributed by atoms with Crippen LogP contribution in [0.1, 0.15) is 10.4 Å². The van der Waals surface area contributed by atoms with Crippen molar-refractivity contribution in [2.75, 3.05) is 4.47 Å². The fourth-order valence-electron chi connectivity index (χ4n) is 2.29. The van der Waals surface area contributed by atoms with Gasteiger partial charge in [-0.05, 0) is 60.7 Å². The lowest BCUT2D eigenvalue weighted by Crippen LogP contribution is -2.34. The van der Waals surface area contributed by atoms with Gasteiger partial charge in [0.1, 0.15) is 11.6 Å². The highest BCUT2D eigenvalue weighted by atomic mass is 32.2. The van der Waals surface area contributed by atoms with Crippen LogP contribution in [0.2, 0.25) is 0 Å². The molecule has 0 saturated carbocycles. The fourth-order valence-corrected chi connectivity index (χ4v) is 3.53. The second-order valence-corrected chi connectivity index (χ2v) is 7.34. The van der Waals surface area contributed by atoms with E-state index in [-0.39, 0.29) is 21.9 Å². The second kappa shape index (κ2) is 7.65. The molecule has 0 bridgehead atoms. The van der Waals surface area contributed by atoms with Gasteiger partial charge in [0, 0.05) is 6.07 Å². The van der Waals surface area contributed by atoms with Crippen molar-refractivity contribution in [3.63, 3.8) is 0 Å². The Labute approximate surface area is 159 Å². The minimum atomic E-state index is -4.36. The average Bonchev–Trinajstić information content (AvgIpc) is 2.67. The molecule has 9 heteroatoms. The van der Waals surface area contributed by atoms with Gasteiger partial charge in [0.05, 0.1) is 16.1 Å². The first-order valence-electron chi connectivity index (χ1n) is 7.85. The van der Waals surface area contributed by atoms with E-state index in [4.69, 9.17) is 9.94 Å². The quantitative estimate of drug-likeness (QED) is 0.630. The summed E-state index contributed by atoms with van der Waals surface area (Å²) < 4.78 is 53.4. The Hall–Kier alpha value is -3.46. The second-order valence-electron chi connectivity index (χ2n) is 5.59. The number of carboxylic acid groups (broad SMARTS) is 1.